The van der Waals surface area contributed by atoms with Gasteiger partial charge in [-0.2, -0.15) is 0 Å². The molecule has 0 amide bonds. The minimum atomic E-state index is -0.937. The lowest BCUT2D eigenvalue weighted by Crippen LogP contribution is -2.25. The third kappa shape index (κ3) is 3.53. The fourth-order valence-electron chi connectivity index (χ4n) is 4.74. The molecule has 10 nitrogen and oxygen atoms in total. The van der Waals surface area contributed by atoms with E-state index in [1.807, 2.05) is 0 Å². The molecule has 190 valence electrons. The van der Waals surface area contributed by atoms with E-state index in [0.29, 0.717) is 11.3 Å². The number of fused-ring (bicyclic) bond motifs is 4. The molecule has 0 radical (unpaired) electrons. The summed E-state index contributed by atoms with van der Waals surface area (Å²) in [6.45, 7) is 0. The normalized spacial score (nSPS) is 14.9. The fourth-order valence-corrected chi connectivity index (χ4v) is 4.74. The summed E-state index contributed by atoms with van der Waals surface area (Å²) in [5.41, 5.74) is -0.232. The van der Waals surface area contributed by atoms with Crippen LogP contribution in [-0.2, 0) is 4.79 Å². The van der Waals surface area contributed by atoms with E-state index < -0.39 is 34.2 Å². The van der Waals surface area contributed by atoms with Crippen LogP contribution in [0.2, 0.25) is 0 Å². The number of phenols is 3. The number of aromatic hydroxyl groups is 3. The summed E-state index contributed by atoms with van der Waals surface area (Å²) >= 11 is 0. The molecule has 0 saturated carbocycles. The molecule has 1 aliphatic heterocycles. The molecule has 0 saturated heterocycles. The zero-order valence-corrected chi connectivity index (χ0v) is 19.7. The smallest absolute Gasteiger partial charge is 0.312 e. The monoisotopic (exact) mass is 514 g/mol. The first-order chi connectivity index (χ1) is 18.2. The number of hydrogen-bond acceptors (Lipinski definition) is 10. The molecule has 2 aromatic heterocycles. The van der Waals surface area contributed by atoms with E-state index in [-0.39, 0.29) is 56.7 Å². The van der Waals surface area contributed by atoms with Crippen LogP contribution in [0.25, 0.3) is 33.3 Å². The molecule has 0 fully saturated rings. The van der Waals surface area contributed by atoms with Crippen molar-refractivity contribution < 1.29 is 38.4 Å². The third-order valence-corrected chi connectivity index (χ3v) is 6.57. The maximum atomic E-state index is 13.6. The average Bonchev–Trinajstić information content (AvgIpc) is 2.89. The van der Waals surface area contributed by atoms with Crippen molar-refractivity contribution in [3.05, 3.63) is 86.4 Å². The quantitative estimate of drug-likeness (QED) is 0.182. The Balaban J connectivity index is 1.65. The van der Waals surface area contributed by atoms with Gasteiger partial charge < -0.3 is 33.6 Å². The first-order valence-electron chi connectivity index (χ1n) is 11.4. The number of carbonyl (C=O) groups is 1. The van der Waals surface area contributed by atoms with Gasteiger partial charge >= 0.3 is 5.97 Å². The van der Waals surface area contributed by atoms with Gasteiger partial charge in [-0.1, -0.05) is 0 Å². The van der Waals surface area contributed by atoms with Gasteiger partial charge in [0, 0.05) is 34.7 Å². The lowest BCUT2D eigenvalue weighted by Gasteiger charge is -2.25. The van der Waals surface area contributed by atoms with Gasteiger partial charge in [-0.05, 0) is 36.4 Å². The molecule has 3 N–H and O–H groups in total. The number of ether oxygens (including phenoxy) is 2. The van der Waals surface area contributed by atoms with Crippen LogP contribution in [0.1, 0.15) is 23.5 Å². The lowest BCUT2D eigenvalue weighted by atomic mass is 9.85. The lowest BCUT2D eigenvalue weighted by molar-refractivity contribution is -0.135. The van der Waals surface area contributed by atoms with Gasteiger partial charge in [-0.25, -0.2) is 0 Å². The molecule has 0 unspecified atom stereocenters. The fraction of sp³-hybridized carbons (Fsp3) is 0.107. The van der Waals surface area contributed by atoms with Gasteiger partial charge in [0.1, 0.15) is 39.6 Å². The molecule has 6 rings (SSSR count). The predicted octanol–water partition coefficient (Wildman–Crippen LogP) is 4.13. The number of phenolic OH excluding ortho intramolecular Hbond substituents is 3. The van der Waals surface area contributed by atoms with Crippen molar-refractivity contribution >= 4 is 27.9 Å². The standard InChI is InChI=1S/C28H18O10/c1-35-13-3-5-21-15(7-13)27(34)16(11-36-21)14-8-24(33)37-23-10-20(32)26-19(31)9-22(38-28(26)25(14)23)12-2-4-17(29)18(30)6-12/h2-7,9-11,14,29-30,32H,8H2,1H3/t14-/m0/s1. The molecular formula is C28H18O10. The third-order valence-electron chi connectivity index (χ3n) is 6.57. The van der Waals surface area contributed by atoms with Gasteiger partial charge in [0.05, 0.1) is 25.2 Å². The molecule has 10 heteroatoms. The van der Waals surface area contributed by atoms with Crippen LogP contribution in [0.4, 0.5) is 0 Å². The van der Waals surface area contributed by atoms with Crippen LogP contribution < -0.4 is 20.3 Å². The summed E-state index contributed by atoms with van der Waals surface area (Å²) in [4.78, 5) is 39.3. The number of methoxy groups -OCH3 is 1. The summed E-state index contributed by atoms with van der Waals surface area (Å²) in [6.07, 6.45) is 0.990. The van der Waals surface area contributed by atoms with E-state index in [0.717, 1.165) is 12.1 Å². The first kappa shape index (κ1) is 23.2. The van der Waals surface area contributed by atoms with Crippen LogP contribution in [0.5, 0.6) is 28.7 Å². The maximum Gasteiger partial charge on any atom is 0.312 e. The van der Waals surface area contributed by atoms with Crippen LogP contribution in [0.3, 0.4) is 0 Å². The second-order valence-corrected chi connectivity index (χ2v) is 8.80. The molecule has 5 aromatic rings. The Morgan fingerprint density at radius 3 is 2.50 bits per heavy atom. The minimum absolute atomic E-state index is 0.0107. The van der Waals surface area contributed by atoms with Crippen LogP contribution in [-0.4, -0.2) is 28.4 Å². The van der Waals surface area contributed by atoms with Crippen LogP contribution in [0.15, 0.2) is 73.2 Å². The molecular weight excluding hydrogens is 496 g/mol. The highest BCUT2D eigenvalue weighted by molar-refractivity contribution is 5.93. The SMILES string of the molecule is COc1ccc2occ([C@@H]3CC(=O)Oc4cc(O)c5c(=O)cc(-c6ccc(O)c(O)c6)oc5c43)c(=O)c2c1. The Morgan fingerprint density at radius 1 is 0.921 bits per heavy atom. The Bertz CT molecular complexity index is 1910. The highest BCUT2D eigenvalue weighted by Gasteiger charge is 2.35. The van der Waals surface area contributed by atoms with E-state index in [9.17, 15) is 29.7 Å². The highest BCUT2D eigenvalue weighted by Crippen LogP contribution is 2.46. The number of hydrogen-bond donors (Lipinski definition) is 3. The highest BCUT2D eigenvalue weighted by atomic mass is 16.5. The van der Waals surface area contributed by atoms with E-state index in [1.165, 1.54) is 37.6 Å². The predicted molar refractivity (Wildman–Crippen MR) is 134 cm³/mol. The molecule has 3 aromatic carbocycles. The zero-order chi connectivity index (χ0) is 26.7. The molecule has 0 bridgehead atoms. The zero-order valence-electron chi connectivity index (χ0n) is 19.7. The van der Waals surface area contributed by atoms with Gasteiger partial charge in [0.15, 0.2) is 22.4 Å². The maximum absolute atomic E-state index is 13.6. The van der Waals surface area contributed by atoms with Crippen molar-refractivity contribution in [3.63, 3.8) is 0 Å². The topological polar surface area (TPSA) is 157 Å². The van der Waals surface area contributed by atoms with E-state index in [4.69, 9.17) is 18.3 Å². The van der Waals surface area contributed by atoms with Gasteiger partial charge in [-0.3, -0.25) is 14.4 Å². The van der Waals surface area contributed by atoms with Crippen molar-refractivity contribution in [2.75, 3.05) is 7.11 Å². The number of benzene rings is 3. The van der Waals surface area contributed by atoms with E-state index >= 15 is 0 Å². The van der Waals surface area contributed by atoms with Gasteiger partial charge in [0.2, 0.25) is 0 Å². The van der Waals surface area contributed by atoms with Crippen LogP contribution in [0, 0.1) is 0 Å². The summed E-state index contributed by atoms with van der Waals surface area (Å²) in [5.74, 6) is -2.49. The summed E-state index contributed by atoms with van der Waals surface area (Å²) < 4.78 is 22.4. The van der Waals surface area contributed by atoms with Crippen LogP contribution >= 0.6 is 0 Å². The molecule has 1 atom stereocenters. The molecule has 0 aliphatic carbocycles. The number of carbonyl (C=O) groups excluding carboxylic acids is 1. The van der Waals surface area contributed by atoms with Crippen molar-refractivity contribution in [1.29, 1.82) is 0 Å². The van der Waals surface area contributed by atoms with Crippen molar-refractivity contribution in [1.82, 2.24) is 0 Å². The average molecular weight is 514 g/mol. The Hall–Kier alpha value is -5.25. The largest absolute Gasteiger partial charge is 0.507 e. The summed E-state index contributed by atoms with van der Waals surface area (Å²) in [7, 11) is 1.46. The van der Waals surface area contributed by atoms with E-state index in [1.54, 1.807) is 12.1 Å². The van der Waals surface area contributed by atoms with Crippen molar-refractivity contribution in [2.45, 2.75) is 12.3 Å². The summed E-state index contributed by atoms with van der Waals surface area (Å²) in [5, 5.41) is 30.3. The molecule has 38 heavy (non-hydrogen) atoms. The number of esters is 1. The van der Waals surface area contributed by atoms with Gasteiger partial charge in [0.25, 0.3) is 0 Å². The Morgan fingerprint density at radius 2 is 1.74 bits per heavy atom. The first-order valence-corrected chi connectivity index (χ1v) is 11.4. The second-order valence-electron chi connectivity index (χ2n) is 8.80. The Labute approximate surface area is 212 Å². The van der Waals surface area contributed by atoms with Crippen molar-refractivity contribution in [2.24, 2.45) is 0 Å². The molecule has 3 heterocycles. The Kier molecular flexibility index (Phi) is 5.13. The van der Waals surface area contributed by atoms with E-state index in [2.05, 4.69) is 0 Å². The second kappa shape index (κ2) is 8.41. The van der Waals surface area contributed by atoms with Crippen molar-refractivity contribution in [3.8, 4) is 40.1 Å². The number of rotatable bonds is 3. The minimum Gasteiger partial charge on any atom is -0.507 e. The molecule has 1 aliphatic rings. The van der Waals surface area contributed by atoms with Gasteiger partial charge in [-0.15, -0.1) is 0 Å². The molecule has 0 spiro atoms. The summed E-state index contributed by atoms with van der Waals surface area (Å²) in [6, 6.07) is 10.9.